The van der Waals surface area contributed by atoms with Gasteiger partial charge in [-0.3, -0.25) is 0 Å². The monoisotopic (exact) mass is 261 g/mol. The van der Waals surface area contributed by atoms with E-state index in [1.54, 1.807) is 7.11 Å². The fourth-order valence-corrected chi connectivity index (χ4v) is 1.95. The molecule has 5 nitrogen and oxygen atoms in total. The first-order valence-electron chi connectivity index (χ1n) is 6.22. The van der Waals surface area contributed by atoms with E-state index in [-0.39, 0.29) is 6.04 Å². The lowest BCUT2D eigenvalue weighted by atomic mass is 10.2. The highest BCUT2D eigenvalue weighted by Crippen LogP contribution is 2.20. The zero-order valence-corrected chi connectivity index (χ0v) is 11.7. The summed E-state index contributed by atoms with van der Waals surface area (Å²) in [5, 5.41) is 3.25. The van der Waals surface area contributed by atoms with Crippen LogP contribution in [-0.4, -0.2) is 23.7 Å². The molecule has 0 bridgehead atoms. The Morgan fingerprint density at radius 3 is 2.42 bits per heavy atom. The second-order valence-corrected chi connectivity index (χ2v) is 4.57. The first kappa shape index (κ1) is 13.5. The van der Waals surface area contributed by atoms with Crippen molar-refractivity contribution in [2.75, 3.05) is 19.0 Å². The lowest BCUT2D eigenvalue weighted by Crippen LogP contribution is -2.17. The van der Waals surface area contributed by atoms with Crippen LogP contribution in [0.25, 0.3) is 0 Å². The van der Waals surface area contributed by atoms with Gasteiger partial charge in [-0.15, -0.1) is 0 Å². The molecule has 0 amide bonds. The van der Waals surface area contributed by atoms with Crippen LogP contribution >= 0.6 is 0 Å². The number of anilines is 1. The van der Waals surface area contributed by atoms with Crippen molar-refractivity contribution in [2.24, 2.45) is 0 Å². The van der Waals surface area contributed by atoms with Crippen LogP contribution in [0, 0.1) is 20.8 Å². The van der Waals surface area contributed by atoms with Crippen molar-refractivity contribution in [2.45, 2.75) is 26.8 Å². The predicted octanol–water partition coefficient (Wildman–Crippen LogP) is 2.79. The van der Waals surface area contributed by atoms with Crippen LogP contribution in [-0.2, 0) is 4.74 Å². The van der Waals surface area contributed by atoms with E-state index in [9.17, 15) is 0 Å². The highest BCUT2D eigenvalue weighted by Gasteiger charge is 2.16. The zero-order valence-electron chi connectivity index (χ0n) is 11.7. The van der Waals surface area contributed by atoms with Crippen LogP contribution in [0.3, 0.4) is 0 Å². The Hall–Kier alpha value is -1.88. The summed E-state index contributed by atoms with van der Waals surface area (Å²) in [4.78, 5) is 8.74. The fraction of sp³-hybridized carbons (Fsp3) is 0.429. The Morgan fingerprint density at radius 2 is 1.89 bits per heavy atom. The van der Waals surface area contributed by atoms with E-state index < -0.39 is 0 Å². The Morgan fingerprint density at radius 1 is 1.21 bits per heavy atom. The van der Waals surface area contributed by atoms with Gasteiger partial charge in [-0.1, -0.05) is 0 Å². The quantitative estimate of drug-likeness (QED) is 0.896. The number of aromatic nitrogens is 2. The van der Waals surface area contributed by atoms with Gasteiger partial charge in [-0.25, -0.2) is 9.97 Å². The van der Waals surface area contributed by atoms with Crippen molar-refractivity contribution in [3.05, 3.63) is 41.1 Å². The maximum absolute atomic E-state index is 5.63. The summed E-state index contributed by atoms with van der Waals surface area (Å²) in [5.41, 5.74) is 1.86. The van der Waals surface area contributed by atoms with Gasteiger partial charge in [0.1, 0.15) is 17.6 Å². The number of hydrogen-bond donors (Lipinski definition) is 1. The average molecular weight is 261 g/mol. The smallest absolute Gasteiger partial charge is 0.223 e. The molecule has 5 heteroatoms. The highest BCUT2D eigenvalue weighted by atomic mass is 16.5. The molecule has 0 fully saturated rings. The van der Waals surface area contributed by atoms with Crippen LogP contribution in [0.1, 0.15) is 29.0 Å². The topological polar surface area (TPSA) is 60.2 Å². The van der Waals surface area contributed by atoms with Crippen LogP contribution in [0.4, 0.5) is 5.95 Å². The van der Waals surface area contributed by atoms with Gasteiger partial charge in [-0.2, -0.15) is 0 Å². The van der Waals surface area contributed by atoms with Gasteiger partial charge in [0.15, 0.2) is 0 Å². The van der Waals surface area contributed by atoms with Crippen molar-refractivity contribution in [1.29, 1.82) is 0 Å². The van der Waals surface area contributed by atoms with E-state index in [0.29, 0.717) is 12.6 Å². The number of nitrogens with zero attached hydrogens (tertiary/aromatic N) is 2. The van der Waals surface area contributed by atoms with Gasteiger partial charge in [0.05, 0.1) is 6.61 Å². The van der Waals surface area contributed by atoms with E-state index >= 15 is 0 Å². The molecule has 2 heterocycles. The van der Waals surface area contributed by atoms with Crippen LogP contribution in [0.5, 0.6) is 0 Å². The molecular formula is C14H19N3O2. The van der Waals surface area contributed by atoms with Crippen molar-refractivity contribution in [3.8, 4) is 0 Å². The lowest BCUT2D eigenvalue weighted by molar-refractivity contribution is 0.178. The lowest BCUT2D eigenvalue weighted by Gasteiger charge is -2.16. The van der Waals surface area contributed by atoms with Crippen molar-refractivity contribution < 1.29 is 9.15 Å². The molecule has 2 rings (SSSR count). The van der Waals surface area contributed by atoms with E-state index in [1.165, 1.54) is 0 Å². The fourth-order valence-electron chi connectivity index (χ4n) is 1.95. The van der Waals surface area contributed by atoms with E-state index in [4.69, 9.17) is 9.15 Å². The molecule has 2 aromatic rings. The Labute approximate surface area is 113 Å². The molecule has 2 aromatic heterocycles. The van der Waals surface area contributed by atoms with Gasteiger partial charge >= 0.3 is 0 Å². The average Bonchev–Trinajstić information content (AvgIpc) is 2.74. The van der Waals surface area contributed by atoms with E-state index in [2.05, 4.69) is 15.3 Å². The number of rotatable bonds is 5. The van der Waals surface area contributed by atoms with Gasteiger partial charge < -0.3 is 14.5 Å². The summed E-state index contributed by atoms with van der Waals surface area (Å²) >= 11 is 0. The van der Waals surface area contributed by atoms with Gasteiger partial charge in [0.25, 0.3) is 0 Å². The largest absolute Gasteiger partial charge is 0.464 e. The molecule has 0 saturated heterocycles. The van der Waals surface area contributed by atoms with Crippen molar-refractivity contribution >= 4 is 5.95 Å². The van der Waals surface area contributed by atoms with Crippen molar-refractivity contribution in [3.63, 3.8) is 0 Å². The molecule has 0 saturated carbocycles. The van der Waals surface area contributed by atoms with E-state index in [0.717, 1.165) is 22.9 Å². The summed E-state index contributed by atoms with van der Waals surface area (Å²) in [6, 6.07) is 5.71. The molecule has 0 aliphatic carbocycles. The summed E-state index contributed by atoms with van der Waals surface area (Å²) in [6.07, 6.45) is 0. The second-order valence-electron chi connectivity index (χ2n) is 4.57. The number of nitrogens with one attached hydrogen (secondary N) is 1. The molecule has 0 aliphatic heterocycles. The molecule has 1 unspecified atom stereocenters. The van der Waals surface area contributed by atoms with Crippen LogP contribution in [0.15, 0.2) is 22.6 Å². The predicted molar refractivity (Wildman–Crippen MR) is 73.2 cm³/mol. The molecule has 0 radical (unpaired) electrons. The Bertz CT molecular complexity index is 531. The number of furan rings is 1. The van der Waals surface area contributed by atoms with Gasteiger partial charge in [0, 0.05) is 18.5 Å². The minimum atomic E-state index is -0.0973. The molecule has 0 spiro atoms. The van der Waals surface area contributed by atoms with Crippen LogP contribution < -0.4 is 5.32 Å². The third-order valence-electron chi connectivity index (χ3n) is 2.72. The van der Waals surface area contributed by atoms with Gasteiger partial charge in [0.2, 0.25) is 5.95 Å². The standard InChI is InChI=1S/C14H19N3O2/c1-9-7-10(2)16-14(15-9)17-12(8-18-4)13-6-5-11(3)19-13/h5-7,12H,8H2,1-4H3,(H,15,16,17). The number of aryl methyl sites for hydroxylation is 3. The number of methoxy groups -OCH3 is 1. The Balaban J connectivity index is 2.20. The number of hydrogen-bond acceptors (Lipinski definition) is 5. The summed E-state index contributed by atoms with van der Waals surface area (Å²) in [5.74, 6) is 2.29. The summed E-state index contributed by atoms with van der Waals surface area (Å²) in [6.45, 7) is 6.30. The number of ether oxygens (including phenoxy) is 1. The second kappa shape index (κ2) is 5.84. The first-order chi connectivity index (χ1) is 9.08. The molecule has 0 aliphatic rings. The highest BCUT2D eigenvalue weighted by molar-refractivity contribution is 5.31. The molecular weight excluding hydrogens is 242 g/mol. The van der Waals surface area contributed by atoms with Crippen LogP contribution in [0.2, 0.25) is 0 Å². The SMILES string of the molecule is COCC(Nc1nc(C)cc(C)n1)c1ccc(C)o1. The molecule has 1 atom stereocenters. The maximum Gasteiger partial charge on any atom is 0.223 e. The summed E-state index contributed by atoms with van der Waals surface area (Å²) < 4.78 is 10.9. The molecule has 19 heavy (non-hydrogen) atoms. The third kappa shape index (κ3) is 3.54. The Kier molecular flexibility index (Phi) is 4.16. The minimum absolute atomic E-state index is 0.0973. The minimum Gasteiger partial charge on any atom is -0.464 e. The third-order valence-corrected chi connectivity index (χ3v) is 2.72. The summed E-state index contributed by atoms with van der Waals surface area (Å²) in [7, 11) is 1.66. The normalized spacial score (nSPS) is 12.4. The van der Waals surface area contributed by atoms with Crippen molar-refractivity contribution in [1.82, 2.24) is 9.97 Å². The molecule has 0 aromatic carbocycles. The zero-order chi connectivity index (χ0) is 13.8. The van der Waals surface area contributed by atoms with Gasteiger partial charge in [-0.05, 0) is 39.0 Å². The molecule has 102 valence electrons. The van der Waals surface area contributed by atoms with E-state index in [1.807, 2.05) is 39.0 Å². The first-order valence-corrected chi connectivity index (χ1v) is 6.22. The molecule has 1 N–H and O–H groups in total. The maximum atomic E-state index is 5.63.